The molecule has 0 radical (unpaired) electrons. The monoisotopic (exact) mass is 340 g/mol. The summed E-state index contributed by atoms with van der Waals surface area (Å²) < 4.78 is 5.45. The van der Waals surface area contributed by atoms with E-state index in [2.05, 4.69) is 24.5 Å². The Balaban J connectivity index is 1.83. The zero-order valence-corrected chi connectivity index (χ0v) is 14.8. The normalized spacial score (nSPS) is 11.5. The lowest BCUT2D eigenvalue weighted by Crippen LogP contribution is -2.20. The Morgan fingerprint density at radius 1 is 0.960 bits per heavy atom. The first kappa shape index (κ1) is 18.5. The van der Waals surface area contributed by atoms with Crippen molar-refractivity contribution in [2.45, 2.75) is 33.1 Å². The van der Waals surface area contributed by atoms with Crippen LogP contribution in [0.3, 0.4) is 0 Å². The van der Waals surface area contributed by atoms with Crippen molar-refractivity contribution >= 4 is 23.2 Å². The number of carbonyl (C=O) groups is 2. The number of benzene rings is 2. The molecule has 1 atom stereocenters. The molecule has 132 valence electrons. The zero-order chi connectivity index (χ0) is 18.2. The number of hydrogen-bond acceptors (Lipinski definition) is 3. The maximum Gasteiger partial charge on any atom is 0.262 e. The second kappa shape index (κ2) is 8.87. The van der Waals surface area contributed by atoms with Gasteiger partial charge in [0, 0.05) is 18.3 Å². The first-order valence-corrected chi connectivity index (χ1v) is 8.38. The topological polar surface area (TPSA) is 67.4 Å². The molecule has 5 heteroatoms. The largest absolute Gasteiger partial charge is 0.484 e. The summed E-state index contributed by atoms with van der Waals surface area (Å²) in [6.07, 6.45) is 1.08. The van der Waals surface area contributed by atoms with Crippen molar-refractivity contribution < 1.29 is 14.3 Å². The molecule has 0 bridgehead atoms. The Bertz CT molecular complexity index is 709. The molecular weight excluding hydrogens is 316 g/mol. The molecular formula is C20H24N2O3. The highest BCUT2D eigenvalue weighted by atomic mass is 16.5. The summed E-state index contributed by atoms with van der Waals surface area (Å²) in [5.74, 6) is 0.722. The first-order chi connectivity index (χ1) is 12.0. The Kier molecular flexibility index (Phi) is 6.57. The van der Waals surface area contributed by atoms with E-state index in [0.717, 1.165) is 12.1 Å². The van der Waals surface area contributed by atoms with Gasteiger partial charge in [-0.15, -0.1) is 0 Å². The maximum atomic E-state index is 12.0. The van der Waals surface area contributed by atoms with Crippen LogP contribution in [0.4, 0.5) is 11.4 Å². The van der Waals surface area contributed by atoms with Crippen LogP contribution in [-0.2, 0) is 9.59 Å². The minimum absolute atomic E-state index is 0.0768. The van der Waals surface area contributed by atoms with Crippen molar-refractivity contribution in [3.8, 4) is 5.75 Å². The third kappa shape index (κ3) is 5.95. The van der Waals surface area contributed by atoms with Gasteiger partial charge < -0.3 is 15.4 Å². The van der Waals surface area contributed by atoms with Crippen LogP contribution in [0.15, 0.2) is 48.5 Å². The fraction of sp³-hybridized carbons (Fsp3) is 0.300. The summed E-state index contributed by atoms with van der Waals surface area (Å²) >= 11 is 0. The summed E-state index contributed by atoms with van der Waals surface area (Å²) in [4.78, 5) is 22.9. The maximum absolute atomic E-state index is 12.0. The van der Waals surface area contributed by atoms with Crippen molar-refractivity contribution in [1.29, 1.82) is 0 Å². The van der Waals surface area contributed by atoms with Crippen LogP contribution in [0.2, 0.25) is 0 Å². The fourth-order valence-corrected chi connectivity index (χ4v) is 2.31. The predicted octanol–water partition coefficient (Wildman–Crippen LogP) is 4.18. The van der Waals surface area contributed by atoms with E-state index < -0.39 is 0 Å². The molecule has 0 fully saturated rings. The highest BCUT2D eigenvalue weighted by molar-refractivity contribution is 5.92. The molecule has 0 aliphatic heterocycles. The second-order valence-electron chi connectivity index (χ2n) is 5.97. The van der Waals surface area contributed by atoms with Gasteiger partial charge in [0.15, 0.2) is 6.61 Å². The molecule has 2 rings (SSSR count). The van der Waals surface area contributed by atoms with E-state index >= 15 is 0 Å². The van der Waals surface area contributed by atoms with Crippen molar-refractivity contribution in [1.82, 2.24) is 0 Å². The molecule has 0 unspecified atom stereocenters. The van der Waals surface area contributed by atoms with Crippen LogP contribution >= 0.6 is 0 Å². The van der Waals surface area contributed by atoms with Gasteiger partial charge in [-0.3, -0.25) is 9.59 Å². The SMILES string of the molecule is CC[C@@H](C)c1ccc(NC(=O)COc2ccc(NC(C)=O)cc2)cc1. The van der Waals surface area contributed by atoms with Crippen LogP contribution < -0.4 is 15.4 Å². The Labute approximate surface area is 148 Å². The van der Waals surface area contributed by atoms with E-state index in [1.54, 1.807) is 24.3 Å². The van der Waals surface area contributed by atoms with E-state index in [1.165, 1.54) is 12.5 Å². The smallest absolute Gasteiger partial charge is 0.262 e. The molecule has 2 aromatic carbocycles. The Morgan fingerprint density at radius 3 is 2.08 bits per heavy atom. The molecule has 0 aliphatic rings. The van der Waals surface area contributed by atoms with Crippen molar-refractivity contribution in [3.05, 3.63) is 54.1 Å². The minimum Gasteiger partial charge on any atom is -0.484 e. The highest BCUT2D eigenvalue weighted by Gasteiger charge is 2.06. The van der Waals surface area contributed by atoms with Gasteiger partial charge in [-0.25, -0.2) is 0 Å². The van der Waals surface area contributed by atoms with Gasteiger partial charge in [0.2, 0.25) is 5.91 Å². The third-order valence-corrected chi connectivity index (χ3v) is 3.92. The summed E-state index contributed by atoms with van der Waals surface area (Å²) in [7, 11) is 0. The fourth-order valence-electron chi connectivity index (χ4n) is 2.31. The van der Waals surface area contributed by atoms with Crippen molar-refractivity contribution in [2.75, 3.05) is 17.2 Å². The molecule has 0 saturated carbocycles. The number of hydrogen-bond donors (Lipinski definition) is 2. The highest BCUT2D eigenvalue weighted by Crippen LogP contribution is 2.20. The molecule has 2 aromatic rings. The van der Waals surface area contributed by atoms with Gasteiger partial charge in [-0.1, -0.05) is 26.0 Å². The molecule has 2 N–H and O–H groups in total. The van der Waals surface area contributed by atoms with Crippen LogP contribution in [-0.4, -0.2) is 18.4 Å². The van der Waals surface area contributed by atoms with Gasteiger partial charge >= 0.3 is 0 Å². The number of rotatable bonds is 7. The van der Waals surface area contributed by atoms with E-state index in [-0.39, 0.29) is 18.4 Å². The van der Waals surface area contributed by atoms with Crippen LogP contribution in [0.1, 0.15) is 38.7 Å². The molecule has 25 heavy (non-hydrogen) atoms. The van der Waals surface area contributed by atoms with Crippen LogP contribution in [0.25, 0.3) is 0 Å². The summed E-state index contributed by atoms with van der Waals surface area (Å²) in [5, 5.41) is 5.49. The van der Waals surface area contributed by atoms with Gasteiger partial charge in [0.1, 0.15) is 5.75 Å². The van der Waals surface area contributed by atoms with E-state index in [9.17, 15) is 9.59 Å². The second-order valence-corrected chi connectivity index (χ2v) is 5.97. The molecule has 0 aliphatic carbocycles. The lowest BCUT2D eigenvalue weighted by Gasteiger charge is -2.11. The average Bonchev–Trinajstić information content (AvgIpc) is 2.60. The number of anilines is 2. The number of amides is 2. The van der Waals surface area contributed by atoms with Gasteiger partial charge in [-0.2, -0.15) is 0 Å². The van der Waals surface area contributed by atoms with Gasteiger partial charge in [0.05, 0.1) is 0 Å². The third-order valence-electron chi connectivity index (χ3n) is 3.92. The molecule has 0 heterocycles. The Hall–Kier alpha value is -2.82. The minimum atomic E-state index is -0.220. The van der Waals surface area contributed by atoms with Crippen molar-refractivity contribution in [2.24, 2.45) is 0 Å². The van der Waals surface area contributed by atoms with E-state index in [0.29, 0.717) is 17.4 Å². The van der Waals surface area contributed by atoms with Crippen LogP contribution in [0, 0.1) is 0 Å². The molecule has 0 saturated heterocycles. The number of ether oxygens (including phenoxy) is 1. The number of nitrogens with one attached hydrogen (secondary N) is 2. The van der Waals surface area contributed by atoms with E-state index in [1.807, 2.05) is 24.3 Å². The predicted molar refractivity (Wildman–Crippen MR) is 100 cm³/mol. The standard InChI is InChI=1S/C20H24N2O3/c1-4-14(2)16-5-7-18(8-6-16)22-20(24)13-25-19-11-9-17(10-12-19)21-15(3)23/h5-12,14H,4,13H2,1-3H3,(H,21,23)(H,22,24)/t14-/m1/s1. The zero-order valence-electron chi connectivity index (χ0n) is 14.8. The Morgan fingerprint density at radius 2 is 1.52 bits per heavy atom. The summed E-state index contributed by atoms with van der Waals surface area (Å²) in [6.45, 7) is 5.70. The van der Waals surface area contributed by atoms with Gasteiger partial charge in [-0.05, 0) is 54.3 Å². The summed E-state index contributed by atoms with van der Waals surface area (Å²) in [5.41, 5.74) is 2.70. The lowest BCUT2D eigenvalue weighted by molar-refractivity contribution is -0.118. The van der Waals surface area contributed by atoms with Gasteiger partial charge in [0.25, 0.3) is 5.91 Å². The lowest BCUT2D eigenvalue weighted by atomic mass is 9.99. The quantitative estimate of drug-likeness (QED) is 0.795. The first-order valence-electron chi connectivity index (χ1n) is 8.38. The molecule has 5 nitrogen and oxygen atoms in total. The van der Waals surface area contributed by atoms with Crippen LogP contribution in [0.5, 0.6) is 5.75 Å². The molecule has 0 aromatic heterocycles. The van der Waals surface area contributed by atoms with Crippen molar-refractivity contribution in [3.63, 3.8) is 0 Å². The molecule has 2 amide bonds. The summed E-state index contributed by atoms with van der Waals surface area (Å²) in [6, 6.07) is 14.7. The van der Waals surface area contributed by atoms with E-state index in [4.69, 9.17) is 4.74 Å². The molecule has 0 spiro atoms. The average molecular weight is 340 g/mol. The number of carbonyl (C=O) groups excluding carboxylic acids is 2.